The quantitative estimate of drug-likeness (QED) is 0.655. The van der Waals surface area contributed by atoms with E-state index in [1.807, 2.05) is 11.8 Å². The van der Waals surface area contributed by atoms with Crippen LogP contribution in [0.5, 0.6) is 0 Å². The number of hydrogen-bond acceptors (Lipinski definition) is 4. The zero-order valence-electron chi connectivity index (χ0n) is 9.69. The van der Waals surface area contributed by atoms with Crippen LogP contribution in [0.1, 0.15) is 32.1 Å². The molecule has 0 spiro atoms. The Morgan fingerprint density at radius 3 is 2.81 bits per heavy atom. The SMILES string of the molecule is CSC1CCCCC1NCC(O)CC(=O)O. The van der Waals surface area contributed by atoms with Gasteiger partial charge < -0.3 is 15.5 Å². The summed E-state index contributed by atoms with van der Waals surface area (Å²) in [5.74, 6) is -0.945. The van der Waals surface area contributed by atoms with E-state index in [2.05, 4.69) is 11.6 Å². The first-order valence-corrected chi connectivity index (χ1v) is 7.08. The molecule has 0 saturated heterocycles. The van der Waals surface area contributed by atoms with E-state index in [4.69, 9.17) is 5.11 Å². The maximum atomic E-state index is 10.4. The van der Waals surface area contributed by atoms with Crippen LogP contribution < -0.4 is 5.32 Å². The van der Waals surface area contributed by atoms with Crippen molar-refractivity contribution in [1.82, 2.24) is 5.32 Å². The van der Waals surface area contributed by atoms with Crippen LogP contribution >= 0.6 is 11.8 Å². The van der Waals surface area contributed by atoms with Crippen molar-refractivity contribution in [2.24, 2.45) is 0 Å². The van der Waals surface area contributed by atoms with Gasteiger partial charge in [0.1, 0.15) is 0 Å². The monoisotopic (exact) mass is 247 g/mol. The fraction of sp³-hybridized carbons (Fsp3) is 0.909. The van der Waals surface area contributed by atoms with Gasteiger partial charge in [0.2, 0.25) is 0 Å². The van der Waals surface area contributed by atoms with Crippen LogP contribution in [-0.4, -0.2) is 46.4 Å². The fourth-order valence-corrected chi connectivity index (χ4v) is 3.14. The number of rotatable bonds is 6. The van der Waals surface area contributed by atoms with E-state index in [0.717, 1.165) is 6.42 Å². The van der Waals surface area contributed by atoms with Gasteiger partial charge >= 0.3 is 5.97 Å². The normalized spacial score (nSPS) is 27.6. The van der Waals surface area contributed by atoms with Crippen LogP contribution in [-0.2, 0) is 4.79 Å². The molecule has 3 atom stereocenters. The molecule has 0 aliphatic heterocycles. The molecule has 3 N–H and O–H groups in total. The van der Waals surface area contributed by atoms with Gasteiger partial charge in [-0.05, 0) is 19.1 Å². The Hall–Kier alpha value is -0.260. The number of hydrogen-bond donors (Lipinski definition) is 3. The summed E-state index contributed by atoms with van der Waals surface area (Å²) < 4.78 is 0. The molecule has 5 heteroatoms. The number of aliphatic hydroxyl groups is 1. The number of aliphatic carboxylic acids is 1. The number of thioether (sulfide) groups is 1. The molecule has 0 bridgehead atoms. The molecule has 0 amide bonds. The van der Waals surface area contributed by atoms with E-state index in [9.17, 15) is 9.90 Å². The summed E-state index contributed by atoms with van der Waals surface area (Å²) in [6.07, 6.45) is 6.01. The minimum atomic E-state index is -0.945. The second-order valence-corrected chi connectivity index (χ2v) is 5.40. The molecule has 16 heavy (non-hydrogen) atoms. The molecule has 1 aliphatic carbocycles. The molecular formula is C11H21NO3S. The standard InChI is InChI=1S/C11H21NO3S/c1-16-10-5-3-2-4-9(10)12-7-8(13)6-11(14)15/h8-10,12-13H,2-7H2,1H3,(H,14,15). The predicted octanol–water partition coefficient (Wildman–Crippen LogP) is 1.09. The van der Waals surface area contributed by atoms with Gasteiger partial charge in [-0.25, -0.2) is 0 Å². The lowest BCUT2D eigenvalue weighted by atomic mass is 9.94. The van der Waals surface area contributed by atoms with Crippen molar-refractivity contribution in [2.75, 3.05) is 12.8 Å². The molecule has 3 unspecified atom stereocenters. The summed E-state index contributed by atoms with van der Waals surface area (Å²) in [6, 6.07) is 0.423. The van der Waals surface area contributed by atoms with Gasteiger partial charge in [-0.2, -0.15) is 11.8 Å². The Balaban J connectivity index is 2.26. The fourth-order valence-electron chi connectivity index (χ4n) is 2.17. The van der Waals surface area contributed by atoms with E-state index in [0.29, 0.717) is 17.8 Å². The lowest BCUT2D eigenvalue weighted by Gasteiger charge is -2.31. The summed E-state index contributed by atoms with van der Waals surface area (Å²) >= 11 is 1.86. The van der Waals surface area contributed by atoms with Crippen LogP contribution in [0.2, 0.25) is 0 Å². The molecule has 4 nitrogen and oxygen atoms in total. The lowest BCUT2D eigenvalue weighted by Crippen LogP contribution is -2.44. The molecule has 0 aromatic heterocycles. The third-order valence-electron chi connectivity index (χ3n) is 3.03. The van der Waals surface area contributed by atoms with Gasteiger partial charge in [-0.3, -0.25) is 4.79 Å². The Morgan fingerprint density at radius 1 is 1.50 bits per heavy atom. The highest BCUT2D eigenvalue weighted by molar-refractivity contribution is 7.99. The van der Waals surface area contributed by atoms with Crippen molar-refractivity contribution in [1.29, 1.82) is 0 Å². The highest BCUT2D eigenvalue weighted by Crippen LogP contribution is 2.27. The molecule has 0 aromatic carbocycles. The molecule has 1 rings (SSSR count). The van der Waals surface area contributed by atoms with Crippen LogP contribution in [0.15, 0.2) is 0 Å². The maximum Gasteiger partial charge on any atom is 0.306 e. The first-order valence-electron chi connectivity index (χ1n) is 5.79. The van der Waals surface area contributed by atoms with Crippen molar-refractivity contribution in [3.05, 3.63) is 0 Å². The van der Waals surface area contributed by atoms with Crippen LogP contribution in [0.3, 0.4) is 0 Å². The second-order valence-electron chi connectivity index (χ2n) is 4.33. The van der Waals surface area contributed by atoms with E-state index in [1.54, 1.807) is 0 Å². The van der Waals surface area contributed by atoms with E-state index >= 15 is 0 Å². The molecule has 0 radical (unpaired) electrons. The number of nitrogens with one attached hydrogen (secondary N) is 1. The Bertz CT molecular complexity index is 225. The minimum Gasteiger partial charge on any atom is -0.481 e. The van der Waals surface area contributed by atoms with Crippen LogP contribution in [0.4, 0.5) is 0 Å². The zero-order chi connectivity index (χ0) is 12.0. The topological polar surface area (TPSA) is 69.6 Å². The average molecular weight is 247 g/mol. The molecule has 94 valence electrons. The summed E-state index contributed by atoms with van der Waals surface area (Å²) in [6.45, 7) is 0.383. The zero-order valence-corrected chi connectivity index (χ0v) is 10.5. The maximum absolute atomic E-state index is 10.4. The molecule has 1 saturated carbocycles. The van der Waals surface area contributed by atoms with Crippen molar-refractivity contribution in [3.63, 3.8) is 0 Å². The number of carboxylic acids is 1. The van der Waals surface area contributed by atoms with Gasteiger partial charge in [0, 0.05) is 17.8 Å². The number of carbonyl (C=O) groups is 1. The van der Waals surface area contributed by atoms with Crippen molar-refractivity contribution in [2.45, 2.75) is 49.5 Å². The van der Waals surface area contributed by atoms with E-state index in [1.165, 1.54) is 19.3 Å². The largest absolute Gasteiger partial charge is 0.481 e. The van der Waals surface area contributed by atoms with E-state index in [-0.39, 0.29) is 6.42 Å². The first kappa shape index (κ1) is 13.8. The molecule has 1 aliphatic rings. The molecule has 1 fully saturated rings. The van der Waals surface area contributed by atoms with Gasteiger partial charge in [-0.1, -0.05) is 12.8 Å². The summed E-state index contributed by atoms with van der Waals surface area (Å²) in [5, 5.41) is 21.9. The number of carboxylic acid groups (broad SMARTS) is 1. The third kappa shape index (κ3) is 4.72. The van der Waals surface area contributed by atoms with Gasteiger partial charge in [0.15, 0.2) is 0 Å². The first-order chi connectivity index (χ1) is 7.63. The van der Waals surface area contributed by atoms with Crippen LogP contribution in [0.25, 0.3) is 0 Å². The average Bonchev–Trinajstić information content (AvgIpc) is 2.26. The Kier molecular flexibility index (Phi) is 6.16. The second kappa shape index (κ2) is 7.14. The molecular weight excluding hydrogens is 226 g/mol. The predicted molar refractivity (Wildman–Crippen MR) is 65.8 cm³/mol. The third-order valence-corrected chi connectivity index (χ3v) is 4.20. The summed E-state index contributed by atoms with van der Waals surface area (Å²) in [4.78, 5) is 10.4. The summed E-state index contributed by atoms with van der Waals surface area (Å²) in [5.41, 5.74) is 0. The van der Waals surface area contributed by atoms with Crippen molar-refractivity contribution >= 4 is 17.7 Å². The van der Waals surface area contributed by atoms with Gasteiger partial charge in [-0.15, -0.1) is 0 Å². The van der Waals surface area contributed by atoms with Gasteiger partial charge in [0.05, 0.1) is 12.5 Å². The van der Waals surface area contributed by atoms with Gasteiger partial charge in [0.25, 0.3) is 0 Å². The van der Waals surface area contributed by atoms with Crippen LogP contribution in [0, 0.1) is 0 Å². The van der Waals surface area contributed by atoms with Crippen molar-refractivity contribution in [3.8, 4) is 0 Å². The lowest BCUT2D eigenvalue weighted by molar-refractivity contribution is -0.139. The van der Waals surface area contributed by atoms with Crippen molar-refractivity contribution < 1.29 is 15.0 Å². The smallest absolute Gasteiger partial charge is 0.306 e. The summed E-state index contributed by atoms with van der Waals surface area (Å²) in [7, 11) is 0. The highest BCUT2D eigenvalue weighted by Gasteiger charge is 2.24. The highest BCUT2D eigenvalue weighted by atomic mass is 32.2. The Morgan fingerprint density at radius 2 is 2.19 bits per heavy atom. The minimum absolute atomic E-state index is 0.177. The number of aliphatic hydroxyl groups excluding tert-OH is 1. The molecule has 0 heterocycles. The Labute approximate surface area is 101 Å². The molecule has 0 aromatic rings. The van der Waals surface area contributed by atoms with E-state index < -0.39 is 12.1 Å².